The van der Waals surface area contributed by atoms with Gasteiger partial charge in [-0.15, -0.1) is 0 Å². The van der Waals surface area contributed by atoms with E-state index in [9.17, 15) is 0 Å². The van der Waals surface area contributed by atoms with E-state index in [0.29, 0.717) is 18.2 Å². The van der Waals surface area contributed by atoms with Gasteiger partial charge in [0.2, 0.25) is 0 Å². The summed E-state index contributed by atoms with van der Waals surface area (Å²) in [4.78, 5) is 2.50. The normalized spacial score (nSPS) is 23.2. The first-order valence-corrected chi connectivity index (χ1v) is 7.31. The highest BCUT2D eigenvalue weighted by Gasteiger charge is 2.36. The third-order valence-corrected chi connectivity index (χ3v) is 4.08. The van der Waals surface area contributed by atoms with Crippen LogP contribution in [-0.4, -0.2) is 43.9 Å². The lowest BCUT2D eigenvalue weighted by Crippen LogP contribution is -2.48. The van der Waals surface area contributed by atoms with Gasteiger partial charge in [0.15, 0.2) is 0 Å². The van der Waals surface area contributed by atoms with Crippen LogP contribution in [-0.2, 0) is 4.74 Å². The molecule has 0 bridgehead atoms. The predicted molar refractivity (Wildman–Crippen MR) is 75.6 cm³/mol. The lowest BCUT2D eigenvalue weighted by Gasteiger charge is -2.35. The predicted octanol–water partition coefficient (Wildman–Crippen LogP) is 2.05. The van der Waals surface area contributed by atoms with Crippen molar-refractivity contribution in [3.05, 3.63) is 29.8 Å². The van der Waals surface area contributed by atoms with Crippen LogP contribution in [0.1, 0.15) is 18.4 Å². The highest BCUT2D eigenvalue weighted by Crippen LogP contribution is 2.36. The zero-order chi connectivity index (χ0) is 13.8. The van der Waals surface area contributed by atoms with E-state index in [1.807, 2.05) is 12.1 Å². The van der Waals surface area contributed by atoms with Crippen molar-refractivity contribution >= 4 is 0 Å². The van der Waals surface area contributed by atoms with E-state index in [4.69, 9.17) is 14.7 Å². The zero-order valence-corrected chi connectivity index (χ0v) is 11.6. The smallest absolute Gasteiger partial charge is 0.119 e. The van der Waals surface area contributed by atoms with Crippen molar-refractivity contribution < 1.29 is 9.47 Å². The number of nitrogens with zero attached hydrogens (tertiary/aromatic N) is 2. The van der Waals surface area contributed by atoms with Crippen LogP contribution in [0.5, 0.6) is 5.75 Å². The maximum absolute atomic E-state index is 8.75. The molecule has 1 aromatic carbocycles. The molecule has 0 aromatic heterocycles. The Morgan fingerprint density at radius 3 is 2.80 bits per heavy atom. The van der Waals surface area contributed by atoms with Gasteiger partial charge in [-0.3, -0.25) is 4.90 Å². The van der Waals surface area contributed by atoms with E-state index in [2.05, 4.69) is 11.0 Å². The van der Waals surface area contributed by atoms with E-state index in [0.717, 1.165) is 38.0 Å². The first-order chi connectivity index (χ1) is 9.86. The molecule has 4 nitrogen and oxygen atoms in total. The second-order valence-electron chi connectivity index (χ2n) is 5.50. The second-order valence-corrected chi connectivity index (χ2v) is 5.50. The van der Waals surface area contributed by atoms with Crippen LogP contribution >= 0.6 is 0 Å². The summed E-state index contributed by atoms with van der Waals surface area (Å²) < 4.78 is 11.4. The van der Waals surface area contributed by atoms with Gasteiger partial charge in [0.25, 0.3) is 0 Å². The molecule has 1 heterocycles. The summed E-state index contributed by atoms with van der Waals surface area (Å²) >= 11 is 0. The van der Waals surface area contributed by atoms with E-state index < -0.39 is 0 Å². The number of rotatable bonds is 5. The summed E-state index contributed by atoms with van der Waals surface area (Å²) in [5, 5.41) is 8.75. The van der Waals surface area contributed by atoms with Crippen molar-refractivity contribution in [3.63, 3.8) is 0 Å². The summed E-state index contributed by atoms with van der Waals surface area (Å²) in [6.45, 7) is 4.36. The standard InChI is InChI=1S/C16H20N2O2/c17-11-13-1-5-15(6-2-13)20-10-8-18-7-9-19-12-16(18)14-3-4-14/h1-2,5-6,14,16H,3-4,7-10,12H2. The molecule has 1 saturated carbocycles. The van der Waals surface area contributed by atoms with E-state index in [1.165, 1.54) is 12.8 Å². The Labute approximate surface area is 119 Å². The van der Waals surface area contributed by atoms with Gasteiger partial charge in [0.1, 0.15) is 12.4 Å². The van der Waals surface area contributed by atoms with Crippen molar-refractivity contribution in [1.82, 2.24) is 4.90 Å². The Morgan fingerprint density at radius 1 is 1.30 bits per heavy atom. The zero-order valence-electron chi connectivity index (χ0n) is 11.6. The Balaban J connectivity index is 1.47. The van der Waals surface area contributed by atoms with Crippen LogP contribution in [0.4, 0.5) is 0 Å². The van der Waals surface area contributed by atoms with Crippen LogP contribution in [0.2, 0.25) is 0 Å². The molecule has 1 aliphatic carbocycles. The lowest BCUT2D eigenvalue weighted by atomic mass is 10.1. The van der Waals surface area contributed by atoms with Gasteiger partial charge < -0.3 is 9.47 Å². The molecule has 1 aliphatic heterocycles. The average molecular weight is 272 g/mol. The molecule has 1 atom stereocenters. The molecule has 0 spiro atoms. The van der Waals surface area contributed by atoms with Gasteiger partial charge in [-0.1, -0.05) is 0 Å². The van der Waals surface area contributed by atoms with Gasteiger partial charge in [-0.25, -0.2) is 0 Å². The molecule has 20 heavy (non-hydrogen) atoms. The number of morpholine rings is 1. The summed E-state index contributed by atoms with van der Waals surface area (Å²) in [5.41, 5.74) is 0.666. The van der Waals surface area contributed by atoms with Crippen LogP contribution < -0.4 is 4.74 Å². The summed E-state index contributed by atoms with van der Waals surface area (Å²) in [6, 6.07) is 9.99. The van der Waals surface area contributed by atoms with Gasteiger partial charge in [0, 0.05) is 19.1 Å². The molecule has 2 aliphatic rings. The molecule has 1 saturated heterocycles. The number of nitriles is 1. The van der Waals surface area contributed by atoms with Gasteiger partial charge in [0.05, 0.1) is 24.8 Å². The van der Waals surface area contributed by atoms with Crippen LogP contribution in [0.25, 0.3) is 0 Å². The summed E-state index contributed by atoms with van der Waals surface area (Å²) in [6.07, 6.45) is 2.70. The molecule has 0 amide bonds. The molecule has 1 unspecified atom stereocenters. The minimum atomic E-state index is 0.591. The quantitative estimate of drug-likeness (QED) is 0.823. The van der Waals surface area contributed by atoms with Crippen molar-refractivity contribution in [3.8, 4) is 11.8 Å². The average Bonchev–Trinajstić information content (AvgIpc) is 3.33. The van der Waals surface area contributed by atoms with Crippen molar-refractivity contribution in [1.29, 1.82) is 5.26 Å². The number of ether oxygens (including phenoxy) is 2. The van der Waals surface area contributed by atoms with Crippen molar-refractivity contribution in [2.75, 3.05) is 32.9 Å². The Morgan fingerprint density at radius 2 is 2.10 bits per heavy atom. The topological polar surface area (TPSA) is 45.5 Å². The molecule has 106 valence electrons. The number of hydrogen-bond donors (Lipinski definition) is 0. The maximum Gasteiger partial charge on any atom is 0.119 e. The molecule has 4 heteroatoms. The van der Waals surface area contributed by atoms with Gasteiger partial charge in [-0.05, 0) is 43.0 Å². The Hall–Kier alpha value is -1.57. The van der Waals surface area contributed by atoms with Crippen molar-refractivity contribution in [2.45, 2.75) is 18.9 Å². The van der Waals surface area contributed by atoms with Crippen LogP contribution in [0.15, 0.2) is 24.3 Å². The molecule has 2 fully saturated rings. The molecule has 0 radical (unpaired) electrons. The molecule has 1 aromatic rings. The highest BCUT2D eigenvalue weighted by molar-refractivity contribution is 5.34. The van der Waals surface area contributed by atoms with E-state index in [1.54, 1.807) is 12.1 Å². The Kier molecular flexibility index (Phi) is 4.19. The fourth-order valence-electron chi connectivity index (χ4n) is 2.76. The van der Waals surface area contributed by atoms with Gasteiger partial charge in [-0.2, -0.15) is 5.26 Å². The highest BCUT2D eigenvalue weighted by atomic mass is 16.5. The number of benzene rings is 1. The summed E-state index contributed by atoms with van der Waals surface area (Å²) in [7, 11) is 0. The monoisotopic (exact) mass is 272 g/mol. The first-order valence-electron chi connectivity index (χ1n) is 7.31. The van der Waals surface area contributed by atoms with Gasteiger partial charge >= 0.3 is 0 Å². The van der Waals surface area contributed by atoms with E-state index >= 15 is 0 Å². The SMILES string of the molecule is N#Cc1ccc(OCCN2CCOCC2C2CC2)cc1. The minimum Gasteiger partial charge on any atom is -0.492 e. The summed E-state index contributed by atoms with van der Waals surface area (Å²) in [5.74, 6) is 1.67. The minimum absolute atomic E-state index is 0.591. The molecular weight excluding hydrogens is 252 g/mol. The largest absolute Gasteiger partial charge is 0.492 e. The fourth-order valence-corrected chi connectivity index (χ4v) is 2.76. The van der Waals surface area contributed by atoms with Crippen LogP contribution in [0.3, 0.4) is 0 Å². The lowest BCUT2D eigenvalue weighted by molar-refractivity contribution is -0.0201. The first kappa shape index (κ1) is 13.4. The van der Waals surface area contributed by atoms with Crippen molar-refractivity contribution in [2.24, 2.45) is 5.92 Å². The van der Waals surface area contributed by atoms with Crippen LogP contribution in [0, 0.1) is 17.2 Å². The maximum atomic E-state index is 8.75. The third kappa shape index (κ3) is 3.30. The second kappa shape index (κ2) is 6.25. The molecular formula is C16H20N2O2. The van der Waals surface area contributed by atoms with E-state index in [-0.39, 0.29) is 0 Å². The molecule has 0 N–H and O–H groups in total. The number of hydrogen-bond acceptors (Lipinski definition) is 4. The molecule has 3 rings (SSSR count). The third-order valence-electron chi connectivity index (χ3n) is 4.08. The Bertz CT molecular complexity index is 476. The fraction of sp³-hybridized carbons (Fsp3) is 0.562.